The molecule has 0 heterocycles. The van der Waals surface area contributed by atoms with Crippen molar-refractivity contribution in [2.45, 2.75) is 27.7 Å². The molecular formula is C14H26N2O3. The Morgan fingerprint density at radius 2 is 1.68 bits per heavy atom. The predicted octanol–water partition coefficient (Wildman–Crippen LogP) is 1.30. The van der Waals surface area contributed by atoms with Crippen LogP contribution in [0.3, 0.4) is 0 Å². The maximum absolute atomic E-state index is 12.1. The summed E-state index contributed by atoms with van der Waals surface area (Å²) < 4.78 is 4.89. The largest absolute Gasteiger partial charge is 0.465 e. The Bertz CT molecular complexity index is 316. The third-order valence-corrected chi connectivity index (χ3v) is 2.66. The Morgan fingerprint density at radius 3 is 2.11 bits per heavy atom. The second-order valence-corrected chi connectivity index (χ2v) is 4.47. The van der Waals surface area contributed by atoms with E-state index >= 15 is 0 Å². The van der Waals surface area contributed by atoms with Gasteiger partial charge in [0.25, 0.3) is 0 Å². The number of carbonyl (C=O) groups excluding carboxylic acids is 2. The van der Waals surface area contributed by atoms with E-state index in [1.807, 2.05) is 20.8 Å². The van der Waals surface area contributed by atoms with Crippen molar-refractivity contribution in [3.63, 3.8) is 0 Å². The van der Waals surface area contributed by atoms with Gasteiger partial charge in [-0.15, -0.1) is 0 Å². The summed E-state index contributed by atoms with van der Waals surface area (Å²) in [5.74, 6) is -0.281. The molecule has 0 aromatic rings. The van der Waals surface area contributed by atoms with Crippen LogP contribution in [0.5, 0.6) is 0 Å². The highest BCUT2D eigenvalue weighted by molar-refractivity contribution is 5.79. The molecule has 0 spiro atoms. The molecule has 0 atom stereocenters. The van der Waals surface area contributed by atoms with Gasteiger partial charge in [0.05, 0.1) is 19.7 Å². The third kappa shape index (κ3) is 7.62. The number of carbonyl (C=O) groups is 2. The lowest BCUT2D eigenvalue weighted by atomic mass is 10.3. The maximum Gasteiger partial charge on any atom is 0.320 e. The third-order valence-electron chi connectivity index (χ3n) is 2.66. The molecule has 19 heavy (non-hydrogen) atoms. The lowest BCUT2D eigenvalue weighted by Crippen LogP contribution is -2.42. The van der Waals surface area contributed by atoms with Crippen molar-refractivity contribution in [2.24, 2.45) is 0 Å². The van der Waals surface area contributed by atoms with E-state index < -0.39 is 0 Å². The Kier molecular flexibility index (Phi) is 8.87. The van der Waals surface area contributed by atoms with Gasteiger partial charge in [0, 0.05) is 13.1 Å². The van der Waals surface area contributed by atoms with Crippen molar-refractivity contribution in [1.82, 2.24) is 9.80 Å². The Morgan fingerprint density at radius 1 is 1.05 bits per heavy atom. The number of rotatable bonds is 9. The molecule has 0 bridgehead atoms. The molecule has 0 N–H and O–H groups in total. The lowest BCUT2D eigenvalue weighted by molar-refractivity contribution is -0.145. The van der Waals surface area contributed by atoms with Gasteiger partial charge in [-0.05, 0) is 27.3 Å². The number of likely N-dealkylation sites (N-methyl/N-ethyl adjacent to an activating group) is 2. The molecule has 0 radical (unpaired) electrons. The Hall–Kier alpha value is -1.36. The second-order valence-electron chi connectivity index (χ2n) is 4.47. The van der Waals surface area contributed by atoms with Gasteiger partial charge in [0.2, 0.25) is 5.91 Å². The normalized spacial score (nSPS) is 10.4. The lowest BCUT2D eigenvalue weighted by Gasteiger charge is -2.25. The molecule has 0 aromatic carbocycles. The summed E-state index contributed by atoms with van der Waals surface area (Å²) in [7, 11) is 0. The van der Waals surface area contributed by atoms with Gasteiger partial charge in [0.1, 0.15) is 0 Å². The average molecular weight is 270 g/mol. The number of nitrogens with zero attached hydrogens (tertiary/aromatic N) is 2. The van der Waals surface area contributed by atoms with Gasteiger partial charge in [-0.2, -0.15) is 0 Å². The van der Waals surface area contributed by atoms with Crippen molar-refractivity contribution < 1.29 is 14.3 Å². The van der Waals surface area contributed by atoms with E-state index in [0.717, 1.165) is 5.57 Å². The Balaban J connectivity index is 4.38. The van der Waals surface area contributed by atoms with Gasteiger partial charge in [-0.1, -0.05) is 19.1 Å². The molecule has 1 amide bonds. The minimum atomic E-state index is -0.292. The number of amides is 1. The molecular weight excluding hydrogens is 244 g/mol. The van der Waals surface area contributed by atoms with E-state index in [2.05, 4.69) is 6.58 Å². The molecule has 0 aliphatic heterocycles. The van der Waals surface area contributed by atoms with E-state index in [1.54, 1.807) is 16.7 Å². The monoisotopic (exact) mass is 270 g/mol. The highest BCUT2D eigenvalue weighted by Gasteiger charge is 2.17. The summed E-state index contributed by atoms with van der Waals surface area (Å²) in [6, 6.07) is 0. The van der Waals surface area contributed by atoms with E-state index in [1.165, 1.54) is 0 Å². The number of hydrogen-bond acceptors (Lipinski definition) is 4. The van der Waals surface area contributed by atoms with Crippen molar-refractivity contribution >= 4 is 11.9 Å². The minimum absolute atomic E-state index is 0.0108. The first-order valence-corrected chi connectivity index (χ1v) is 6.74. The van der Waals surface area contributed by atoms with Crippen LogP contribution in [-0.2, 0) is 14.3 Å². The molecule has 0 aliphatic rings. The van der Waals surface area contributed by atoms with Crippen LogP contribution in [0.25, 0.3) is 0 Å². The van der Waals surface area contributed by atoms with Crippen LogP contribution in [0, 0.1) is 0 Å². The fourth-order valence-electron chi connectivity index (χ4n) is 1.66. The second kappa shape index (κ2) is 9.55. The van der Waals surface area contributed by atoms with Crippen molar-refractivity contribution in [1.29, 1.82) is 0 Å². The zero-order valence-electron chi connectivity index (χ0n) is 12.6. The molecule has 0 saturated heterocycles. The molecule has 5 nitrogen and oxygen atoms in total. The van der Waals surface area contributed by atoms with Crippen LogP contribution < -0.4 is 0 Å². The highest BCUT2D eigenvalue weighted by Crippen LogP contribution is 1.99. The molecule has 110 valence electrons. The van der Waals surface area contributed by atoms with Crippen molar-refractivity contribution in [2.75, 3.05) is 39.3 Å². The smallest absolute Gasteiger partial charge is 0.320 e. The SMILES string of the molecule is C=C(C)CN(CC)C(=O)CN(CC)CC(=O)OCC. The van der Waals surface area contributed by atoms with E-state index in [0.29, 0.717) is 26.2 Å². The average Bonchev–Trinajstić information content (AvgIpc) is 2.34. The molecule has 0 fully saturated rings. The first-order valence-electron chi connectivity index (χ1n) is 6.74. The minimum Gasteiger partial charge on any atom is -0.465 e. The zero-order valence-corrected chi connectivity index (χ0v) is 12.6. The topological polar surface area (TPSA) is 49.9 Å². The number of esters is 1. The summed E-state index contributed by atoms with van der Waals surface area (Å²) in [6.45, 7) is 13.9. The summed E-state index contributed by atoms with van der Waals surface area (Å²) in [5, 5.41) is 0. The number of hydrogen-bond donors (Lipinski definition) is 0. The summed E-state index contributed by atoms with van der Waals surface area (Å²) in [5.41, 5.74) is 0.948. The van der Waals surface area contributed by atoms with Gasteiger partial charge >= 0.3 is 5.97 Å². The molecule has 5 heteroatoms. The van der Waals surface area contributed by atoms with Gasteiger partial charge in [-0.25, -0.2) is 0 Å². The maximum atomic E-state index is 12.1. The van der Waals surface area contributed by atoms with Gasteiger partial charge < -0.3 is 9.64 Å². The molecule has 0 aliphatic carbocycles. The number of ether oxygens (including phenoxy) is 1. The molecule has 0 saturated carbocycles. The van der Waals surface area contributed by atoms with E-state index in [9.17, 15) is 9.59 Å². The first-order chi connectivity index (χ1) is 8.94. The quantitative estimate of drug-likeness (QED) is 0.468. The van der Waals surface area contributed by atoms with Crippen LogP contribution in [0.2, 0.25) is 0 Å². The first kappa shape index (κ1) is 17.6. The van der Waals surface area contributed by atoms with Crippen LogP contribution >= 0.6 is 0 Å². The molecule has 0 unspecified atom stereocenters. The van der Waals surface area contributed by atoms with Crippen LogP contribution in [0.15, 0.2) is 12.2 Å². The Labute approximate surface area is 116 Å². The van der Waals surface area contributed by atoms with E-state index in [-0.39, 0.29) is 25.0 Å². The van der Waals surface area contributed by atoms with Crippen LogP contribution in [-0.4, -0.2) is 61.0 Å². The summed E-state index contributed by atoms with van der Waals surface area (Å²) in [4.78, 5) is 27.0. The zero-order chi connectivity index (χ0) is 14.8. The fraction of sp³-hybridized carbons (Fsp3) is 0.714. The van der Waals surface area contributed by atoms with Crippen LogP contribution in [0.1, 0.15) is 27.7 Å². The summed E-state index contributed by atoms with van der Waals surface area (Å²) >= 11 is 0. The van der Waals surface area contributed by atoms with Crippen molar-refractivity contribution in [3.8, 4) is 0 Å². The molecule has 0 aromatic heterocycles. The summed E-state index contributed by atoms with van der Waals surface area (Å²) in [6.07, 6.45) is 0. The van der Waals surface area contributed by atoms with Gasteiger partial charge in [-0.3, -0.25) is 14.5 Å². The van der Waals surface area contributed by atoms with Crippen molar-refractivity contribution in [3.05, 3.63) is 12.2 Å². The predicted molar refractivity (Wildman–Crippen MR) is 75.8 cm³/mol. The van der Waals surface area contributed by atoms with E-state index in [4.69, 9.17) is 4.74 Å². The van der Waals surface area contributed by atoms with Crippen LogP contribution in [0.4, 0.5) is 0 Å². The molecule has 0 rings (SSSR count). The standard InChI is InChI=1S/C14H26N2O3/c1-6-15(11-14(18)19-8-3)10-13(17)16(7-2)9-12(4)5/h4,6-11H2,1-3,5H3. The van der Waals surface area contributed by atoms with Gasteiger partial charge in [0.15, 0.2) is 0 Å². The highest BCUT2D eigenvalue weighted by atomic mass is 16.5. The fourth-order valence-corrected chi connectivity index (χ4v) is 1.66.